The zero-order chi connectivity index (χ0) is 15.9. The van der Waals surface area contributed by atoms with Crippen LogP contribution in [0.1, 0.15) is 10.4 Å². The van der Waals surface area contributed by atoms with E-state index in [1.54, 1.807) is 48.5 Å². The number of amides is 1. The molecule has 1 amide bonds. The van der Waals surface area contributed by atoms with Gasteiger partial charge in [0.2, 0.25) is 0 Å². The minimum atomic E-state index is -0.781. The average Bonchev–Trinajstić information content (AvgIpc) is 2.56. The first-order valence-corrected chi connectivity index (χ1v) is 7.72. The van der Waals surface area contributed by atoms with Crippen molar-refractivity contribution < 1.29 is 14.3 Å². The van der Waals surface area contributed by atoms with Crippen LogP contribution in [0.25, 0.3) is 0 Å². The third-order valence-corrected chi connectivity index (χ3v) is 4.16. The fraction of sp³-hybridized carbons (Fsp3) is 0.125. The first kappa shape index (κ1) is 16.4. The molecule has 0 aliphatic heterocycles. The van der Waals surface area contributed by atoms with Gasteiger partial charge >= 0.3 is 6.09 Å². The second-order valence-corrected chi connectivity index (χ2v) is 5.93. The maximum Gasteiger partial charge on any atom is 0.408 e. The quantitative estimate of drug-likeness (QED) is 0.510. The Morgan fingerprint density at radius 2 is 1.73 bits per heavy atom. The van der Waals surface area contributed by atoms with E-state index in [0.717, 1.165) is 4.90 Å². The topological polar surface area (TPSA) is 55.4 Å². The summed E-state index contributed by atoms with van der Waals surface area (Å²) in [5.41, 5.74) is 0.519. The highest BCUT2D eigenvalue weighted by atomic mass is 35.5. The second-order valence-electron chi connectivity index (χ2n) is 4.32. The van der Waals surface area contributed by atoms with Crippen LogP contribution in [-0.2, 0) is 4.74 Å². The van der Waals surface area contributed by atoms with Crippen LogP contribution in [0.2, 0.25) is 5.02 Å². The van der Waals surface area contributed by atoms with Gasteiger partial charge in [0.15, 0.2) is 5.78 Å². The van der Waals surface area contributed by atoms with Crippen molar-refractivity contribution in [2.75, 3.05) is 7.11 Å². The lowest BCUT2D eigenvalue weighted by Crippen LogP contribution is -2.38. The molecule has 0 aromatic heterocycles. The van der Waals surface area contributed by atoms with Crippen molar-refractivity contribution in [3.8, 4) is 0 Å². The number of ketones is 1. The lowest BCUT2D eigenvalue weighted by atomic mass is 10.1. The third-order valence-electron chi connectivity index (χ3n) is 2.80. The van der Waals surface area contributed by atoms with E-state index >= 15 is 0 Å². The van der Waals surface area contributed by atoms with Gasteiger partial charge < -0.3 is 10.1 Å². The van der Waals surface area contributed by atoms with Crippen LogP contribution in [0, 0.1) is 0 Å². The molecule has 4 nitrogen and oxygen atoms in total. The molecule has 114 valence electrons. The summed E-state index contributed by atoms with van der Waals surface area (Å²) in [4.78, 5) is 24.8. The van der Waals surface area contributed by atoms with Crippen molar-refractivity contribution in [1.29, 1.82) is 0 Å². The first-order valence-electron chi connectivity index (χ1n) is 6.46. The fourth-order valence-corrected chi connectivity index (χ4v) is 2.81. The molecule has 0 fully saturated rings. The number of hydrogen-bond acceptors (Lipinski definition) is 4. The standard InChI is InChI=1S/C16H14ClNO3S/c1-21-16(20)18-15(14(19)11-5-3-2-4-6-11)22-13-9-7-12(17)8-10-13/h2-10,15H,1H3,(H,18,20)/t15-/m0/s1. The molecule has 1 atom stereocenters. The van der Waals surface area contributed by atoms with Crippen LogP contribution in [0.3, 0.4) is 0 Å². The summed E-state index contributed by atoms with van der Waals surface area (Å²) >= 11 is 7.07. The Hall–Kier alpha value is -1.98. The molecular formula is C16H14ClNO3S. The maximum atomic E-state index is 12.6. The molecule has 0 saturated heterocycles. The Morgan fingerprint density at radius 3 is 2.32 bits per heavy atom. The van der Waals surface area contributed by atoms with Crippen molar-refractivity contribution in [1.82, 2.24) is 5.32 Å². The predicted octanol–water partition coefficient (Wildman–Crippen LogP) is 4.00. The van der Waals surface area contributed by atoms with Crippen LogP contribution in [0.15, 0.2) is 59.5 Å². The number of Topliss-reactive ketones (excluding diaryl/α,β-unsaturated/α-hetero) is 1. The molecule has 0 bridgehead atoms. The van der Waals surface area contributed by atoms with Crippen molar-refractivity contribution in [3.63, 3.8) is 0 Å². The van der Waals surface area contributed by atoms with E-state index < -0.39 is 11.5 Å². The maximum absolute atomic E-state index is 12.6. The molecule has 2 rings (SSSR count). The van der Waals surface area contributed by atoms with Gasteiger partial charge in [0.1, 0.15) is 5.37 Å². The van der Waals surface area contributed by atoms with Crippen molar-refractivity contribution in [3.05, 3.63) is 65.2 Å². The molecule has 2 aromatic rings. The number of methoxy groups -OCH3 is 1. The molecular weight excluding hydrogens is 322 g/mol. The van der Waals surface area contributed by atoms with Gasteiger partial charge in [-0.2, -0.15) is 0 Å². The van der Waals surface area contributed by atoms with E-state index in [0.29, 0.717) is 10.6 Å². The summed E-state index contributed by atoms with van der Waals surface area (Å²) < 4.78 is 4.59. The van der Waals surface area contributed by atoms with E-state index in [9.17, 15) is 9.59 Å². The molecule has 2 aromatic carbocycles. The largest absolute Gasteiger partial charge is 0.453 e. The lowest BCUT2D eigenvalue weighted by molar-refractivity contribution is 0.0970. The molecule has 0 aliphatic carbocycles. The Bertz CT molecular complexity index is 646. The number of halogens is 1. The number of carbonyl (C=O) groups excluding carboxylic acids is 2. The fourth-order valence-electron chi connectivity index (χ4n) is 1.72. The van der Waals surface area contributed by atoms with E-state index in [1.165, 1.54) is 18.9 Å². The Labute approximate surface area is 137 Å². The van der Waals surface area contributed by atoms with Crippen LogP contribution in [0.5, 0.6) is 0 Å². The van der Waals surface area contributed by atoms with Crippen LogP contribution < -0.4 is 5.32 Å². The van der Waals surface area contributed by atoms with Gasteiger partial charge in [0.05, 0.1) is 7.11 Å². The Morgan fingerprint density at radius 1 is 1.09 bits per heavy atom. The number of nitrogens with one attached hydrogen (secondary N) is 1. The van der Waals surface area contributed by atoms with E-state index in [2.05, 4.69) is 10.1 Å². The summed E-state index contributed by atoms with van der Waals surface area (Å²) in [5, 5.41) is 2.37. The summed E-state index contributed by atoms with van der Waals surface area (Å²) in [5.74, 6) is -0.203. The number of carbonyl (C=O) groups is 2. The molecule has 0 heterocycles. The Kier molecular flexibility index (Phi) is 5.86. The van der Waals surface area contributed by atoms with E-state index in [4.69, 9.17) is 11.6 Å². The number of thioether (sulfide) groups is 1. The molecule has 6 heteroatoms. The van der Waals surface area contributed by atoms with Crippen LogP contribution in [0.4, 0.5) is 4.79 Å². The van der Waals surface area contributed by atoms with Gasteiger partial charge in [-0.1, -0.05) is 53.7 Å². The minimum Gasteiger partial charge on any atom is -0.453 e. The van der Waals surface area contributed by atoms with E-state index in [-0.39, 0.29) is 5.78 Å². The molecule has 0 unspecified atom stereocenters. The monoisotopic (exact) mass is 335 g/mol. The van der Waals surface area contributed by atoms with Gasteiger partial charge in [0.25, 0.3) is 0 Å². The van der Waals surface area contributed by atoms with E-state index in [1.807, 2.05) is 6.07 Å². The van der Waals surface area contributed by atoms with Crippen molar-refractivity contribution in [2.45, 2.75) is 10.3 Å². The predicted molar refractivity (Wildman–Crippen MR) is 87.4 cm³/mol. The zero-order valence-corrected chi connectivity index (χ0v) is 13.4. The number of hydrogen-bond donors (Lipinski definition) is 1. The smallest absolute Gasteiger partial charge is 0.408 e. The molecule has 22 heavy (non-hydrogen) atoms. The van der Waals surface area contributed by atoms with Gasteiger partial charge in [-0.05, 0) is 24.3 Å². The second kappa shape index (κ2) is 7.87. The average molecular weight is 336 g/mol. The number of rotatable bonds is 5. The molecule has 0 spiro atoms. The van der Waals surface area contributed by atoms with Gasteiger partial charge in [-0.15, -0.1) is 0 Å². The SMILES string of the molecule is COC(=O)N[C@@H](Sc1ccc(Cl)cc1)C(=O)c1ccccc1. The lowest BCUT2D eigenvalue weighted by Gasteiger charge is -2.16. The number of benzene rings is 2. The molecule has 1 N–H and O–H groups in total. The normalized spacial score (nSPS) is 11.5. The summed E-state index contributed by atoms with van der Waals surface area (Å²) in [6, 6.07) is 15.8. The van der Waals surface area contributed by atoms with Gasteiger partial charge in [-0.3, -0.25) is 4.79 Å². The molecule has 0 saturated carbocycles. The summed E-state index contributed by atoms with van der Waals surface area (Å²) in [7, 11) is 1.26. The number of ether oxygens (including phenoxy) is 1. The minimum absolute atomic E-state index is 0.203. The van der Waals surface area contributed by atoms with Gasteiger partial charge in [0, 0.05) is 15.5 Å². The van der Waals surface area contributed by atoms with Crippen molar-refractivity contribution >= 4 is 35.2 Å². The Balaban J connectivity index is 2.20. The highest BCUT2D eigenvalue weighted by Crippen LogP contribution is 2.26. The highest BCUT2D eigenvalue weighted by molar-refractivity contribution is 8.00. The third kappa shape index (κ3) is 4.51. The summed E-state index contributed by atoms with van der Waals surface area (Å²) in [6.07, 6.45) is -0.657. The molecule has 0 radical (unpaired) electrons. The summed E-state index contributed by atoms with van der Waals surface area (Å²) in [6.45, 7) is 0. The van der Waals surface area contributed by atoms with Crippen LogP contribution >= 0.6 is 23.4 Å². The number of alkyl carbamates (subject to hydrolysis) is 1. The highest BCUT2D eigenvalue weighted by Gasteiger charge is 2.23. The van der Waals surface area contributed by atoms with Crippen LogP contribution in [-0.4, -0.2) is 24.4 Å². The first-order chi connectivity index (χ1) is 10.6. The van der Waals surface area contributed by atoms with Crippen molar-refractivity contribution in [2.24, 2.45) is 0 Å². The van der Waals surface area contributed by atoms with Gasteiger partial charge in [-0.25, -0.2) is 4.79 Å². The zero-order valence-electron chi connectivity index (χ0n) is 11.8. The molecule has 0 aliphatic rings.